The van der Waals surface area contributed by atoms with Gasteiger partial charge >= 0.3 is 0 Å². The molecular weight excluding hydrogens is 188 g/mol. The van der Waals surface area contributed by atoms with Crippen molar-refractivity contribution in [2.24, 2.45) is 0 Å². The Bertz CT molecular complexity index is 337. The second-order valence-electron chi connectivity index (χ2n) is 4.43. The Hall–Kier alpha value is -1.12. The van der Waals surface area contributed by atoms with E-state index in [9.17, 15) is 4.79 Å². The highest BCUT2D eigenvalue weighted by Crippen LogP contribution is 2.28. The molecule has 82 valence electrons. The number of carbonyl (C=O) groups is 1. The summed E-state index contributed by atoms with van der Waals surface area (Å²) in [4.78, 5) is 10.8. The van der Waals surface area contributed by atoms with E-state index in [4.69, 9.17) is 0 Å². The van der Waals surface area contributed by atoms with Gasteiger partial charge in [0.05, 0.1) is 11.7 Å². The first-order valence-corrected chi connectivity index (χ1v) is 5.79. The Morgan fingerprint density at radius 2 is 2.27 bits per heavy atom. The van der Waals surface area contributed by atoms with Crippen LogP contribution in [0.3, 0.4) is 0 Å². The fraction of sp³-hybridized carbons (Fsp3) is 0.667. The van der Waals surface area contributed by atoms with Gasteiger partial charge in [-0.25, -0.2) is 0 Å². The van der Waals surface area contributed by atoms with E-state index in [1.54, 1.807) is 6.92 Å². The van der Waals surface area contributed by atoms with E-state index >= 15 is 0 Å². The average molecular weight is 206 g/mol. The fourth-order valence-electron chi connectivity index (χ4n) is 2.19. The van der Waals surface area contributed by atoms with Crippen molar-refractivity contribution in [2.75, 3.05) is 0 Å². The van der Waals surface area contributed by atoms with Gasteiger partial charge in [-0.05, 0) is 32.3 Å². The number of rotatable bonds is 4. The van der Waals surface area contributed by atoms with Crippen LogP contribution >= 0.6 is 0 Å². The van der Waals surface area contributed by atoms with Crippen LogP contribution in [0.5, 0.6) is 0 Å². The maximum atomic E-state index is 10.8. The summed E-state index contributed by atoms with van der Waals surface area (Å²) < 4.78 is 2.09. The molecule has 1 heterocycles. The highest BCUT2D eigenvalue weighted by Gasteiger charge is 2.17. The second kappa shape index (κ2) is 4.60. The van der Waals surface area contributed by atoms with E-state index in [-0.39, 0.29) is 5.78 Å². The Kier molecular flexibility index (Phi) is 3.19. The Labute approximate surface area is 90.5 Å². The van der Waals surface area contributed by atoms with Crippen molar-refractivity contribution in [3.8, 4) is 0 Å². The van der Waals surface area contributed by atoms with Crippen LogP contribution in [0.15, 0.2) is 12.3 Å². The number of aromatic nitrogens is 2. The number of Topliss-reactive ketones (excluding diaryl/α,β-unsaturated/α-hetero) is 1. The van der Waals surface area contributed by atoms with Gasteiger partial charge in [-0.2, -0.15) is 5.10 Å². The SMILES string of the molecule is CC(=O)CCc1ccn(C2CCCC2)n1. The largest absolute Gasteiger partial charge is 0.300 e. The molecule has 0 spiro atoms. The zero-order chi connectivity index (χ0) is 10.7. The first-order chi connectivity index (χ1) is 7.25. The normalized spacial score (nSPS) is 17.1. The van der Waals surface area contributed by atoms with Crippen molar-refractivity contribution >= 4 is 5.78 Å². The van der Waals surface area contributed by atoms with Crippen LogP contribution in [-0.2, 0) is 11.2 Å². The minimum absolute atomic E-state index is 0.241. The van der Waals surface area contributed by atoms with Crippen LogP contribution in [0.1, 0.15) is 50.8 Å². The summed E-state index contributed by atoms with van der Waals surface area (Å²) in [5, 5.41) is 4.53. The molecule has 1 aromatic rings. The summed E-state index contributed by atoms with van der Waals surface area (Å²) in [6, 6.07) is 2.65. The van der Waals surface area contributed by atoms with Crippen LogP contribution in [0.2, 0.25) is 0 Å². The number of aryl methyl sites for hydroxylation is 1. The topological polar surface area (TPSA) is 34.9 Å². The molecule has 0 unspecified atom stereocenters. The number of nitrogens with zero attached hydrogens (tertiary/aromatic N) is 2. The lowest BCUT2D eigenvalue weighted by Crippen LogP contribution is -2.06. The summed E-state index contributed by atoms with van der Waals surface area (Å²) in [6.45, 7) is 1.63. The van der Waals surface area contributed by atoms with Gasteiger partial charge < -0.3 is 4.79 Å². The highest BCUT2D eigenvalue weighted by molar-refractivity contribution is 5.75. The van der Waals surface area contributed by atoms with Crippen molar-refractivity contribution in [2.45, 2.75) is 51.5 Å². The van der Waals surface area contributed by atoms with Crippen LogP contribution < -0.4 is 0 Å². The third-order valence-electron chi connectivity index (χ3n) is 3.10. The molecule has 1 fully saturated rings. The quantitative estimate of drug-likeness (QED) is 0.758. The molecule has 0 radical (unpaired) electrons. The minimum Gasteiger partial charge on any atom is -0.300 e. The third kappa shape index (κ3) is 2.67. The van der Waals surface area contributed by atoms with Gasteiger partial charge in [-0.1, -0.05) is 12.8 Å². The lowest BCUT2D eigenvalue weighted by Gasteiger charge is -2.08. The maximum Gasteiger partial charge on any atom is 0.130 e. The van der Waals surface area contributed by atoms with Crippen molar-refractivity contribution in [3.05, 3.63) is 18.0 Å². The molecule has 1 aromatic heterocycles. The van der Waals surface area contributed by atoms with Gasteiger partial charge in [0.25, 0.3) is 0 Å². The molecule has 2 rings (SSSR count). The summed E-state index contributed by atoms with van der Waals surface area (Å²) in [7, 11) is 0. The first-order valence-electron chi connectivity index (χ1n) is 5.79. The van der Waals surface area contributed by atoms with Crippen molar-refractivity contribution in [1.82, 2.24) is 9.78 Å². The van der Waals surface area contributed by atoms with E-state index in [2.05, 4.69) is 16.0 Å². The highest BCUT2D eigenvalue weighted by atomic mass is 16.1. The molecular formula is C12H18N2O. The molecule has 1 saturated carbocycles. The van der Waals surface area contributed by atoms with E-state index in [1.165, 1.54) is 25.7 Å². The van der Waals surface area contributed by atoms with Crippen molar-refractivity contribution in [1.29, 1.82) is 0 Å². The summed E-state index contributed by atoms with van der Waals surface area (Å²) in [5.74, 6) is 0.241. The molecule has 1 aliphatic carbocycles. The van der Waals surface area contributed by atoms with Gasteiger partial charge in [0.2, 0.25) is 0 Å². The van der Waals surface area contributed by atoms with Crippen LogP contribution in [0.25, 0.3) is 0 Å². The van der Waals surface area contributed by atoms with Gasteiger partial charge in [0, 0.05) is 12.6 Å². The predicted octanol–water partition coefficient (Wildman–Crippen LogP) is 2.52. The molecule has 0 N–H and O–H groups in total. The summed E-state index contributed by atoms with van der Waals surface area (Å²) >= 11 is 0. The zero-order valence-electron chi connectivity index (χ0n) is 9.28. The number of ketones is 1. The molecule has 0 bridgehead atoms. The van der Waals surface area contributed by atoms with Gasteiger partial charge in [-0.3, -0.25) is 4.68 Å². The zero-order valence-corrected chi connectivity index (χ0v) is 9.28. The van der Waals surface area contributed by atoms with Crippen LogP contribution in [-0.4, -0.2) is 15.6 Å². The monoisotopic (exact) mass is 206 g/mol. The van der Waals surface area contributed by atoms with E-state index in [1.807, 2.05) is 6.07 Å². The maximum absolute atomic E-state index is 10.8. The van der Waals surface area contributed by atoms with E-state index in [0.717, 1.165) is 12.1 Å². The lowest BCUT2D eigenvalue weighted by atomic mass is 10.2. The van der Waals surface area contributed by atoms with Gasteiger partial charge in [0.1, 0.15) is 5.78 Å². The molecule has 0 aromatic carbocycles. The molecule has 3 heteroatoms. The fourth-order valence-corrected chi connectivity index (χ4v) is 2.19. The van der Waals surface area contributed by atoms with Gasteiger partial charge in [0.15, 0.2) is 0 Å². The van der Waals surface area contributed by atoms with Gasteiger partial charge in [-0.15, -0.1) is 0 Å². The Balaban J connectivity index is 1.94. The predicted molar refractivity (Wildman–Crippen MR) is 58.7 cm³/mol. The smallest absolute Gasteiger partial charge is 0.130 e. The summed E-state index contributed by atoms with van der Waals surface area (Å²) in [6.07, 6.45) is 8.63. The second-order valence-corrected chi connectivity index (χ2v) is 4.43. The van der Waals surface area contributed by atoms with Crippen molar-refractivity contribution < 1.29 is 4.79 Å². The number of hydrogen-bond acceptors (Lipinski definition) is 2. The summed E-state index contributed by atoms with van der Waals surface area (Å²) in [5.41, 5.74) is 1.05. The van der Waals surface area contributed by atoms with Crippen LogP contribution in [0, 0.1) is 0 Å². The molecule has 15 heavy (non-hydrogen) atoms. The molecule has 1 aliphatic rings. The molecule has 0 atom stereocenters. The van der Waals surface area contributed by atoms with Crippen LogP contribution in [0.4, 0.5) is 0 Å². The Morgan fingerprint density at radius 3 is 2.93 bits per heavy atom. The van der Waals surface area contributed by atoms with E-state index in [0.29, 0.717) is 12.5 Å². The molecule has 0 aliphatic heterocycles. The number of hydrogen-bond donors (Lipinski definition) is 0. The minimum atomic E-state index is 0.241. The molecule has 0 saturated heterocycles. The first kappa shape index (κ1) is 10.4. The number of carbonyl (C=O) groups excluding carboxylic acids is 1. The molecule has 0 amide bonds. The molecule has 3 nitrogen and oxygen atoms in total. The average Bonchev–Trinajstić information content (AvgIpc) is 2.85. The third-order valence-corrected chi connectivity index (χ3v) is 3.10. The Morgan fingerprint density at radius 1 is 1.53 bits per heavy atom. The van der Waals surface area contributed by atoms with Crippen molar-refractivity contribution in [3.63, 3.8) is 0 Å². The van der Waals surface area contributed by atoms with E-state index < -0.39 is 0 Å². The lowest BCUT2D eigenvalue weighted by molar-refractivity contribution is -0.116. The standard InChI is InChI=1S/C12H18N2O/c1-10(15)6-7-11-8-9-14(13-11)12-4-2-3-5-12/h8-9,12H,2-7H2,1H3.